The standard InChI is InChI=1S/C36H42F4N8O3/c1-4-23-15-25(46-32-33-43-19-28(47(33)12-11-42-32)27-7-8-29(51-36(39)40)31(38)30(27)37)5-6-26(23)35(50)45-21(2)16-44-34(49)24-9-13-48(3,14-10-24)20-22-17-41-18-22/h5-8,11-12,15,19,21-22,24,36,41H,4,9-10,13-14,16-18,20H2,1-3H3,(H2-,42,44,45,46,49,50)/p+1/t21-,24?,48?/m0/s1. The average molecular weight is 712 g/mol. The number of fused-ring (bicyclic) bond motifs is 1. The Morgan fingerprint density at radius 2 is 1.86 bits per heavy atom. The summed E-state index contributed by atoms with van der Waals surface area (Å²) in [5.41, 5.74) is 2.15. The van der Waals surface area contributed by atoms with Crippen molar-refractivity contribution < 1.29 is 36.4 Å². The first-order valence-corrected chi connectivity index (χ1v) is 17.2. The van der Waals surface area contributed by atoms with E-state index in [4.69, 9.17) is 0 Å². The monoisotopic (exact) mass is 711 g/mol. The van der Waals surface area contributed by atoms with Gasteiger partial charge in [-0.25, -0.2) is 14.4 Å². The molecule has 0 spiro atoms. The average Bonchev–Trinajstić information content (AvgIpc) is 3.52. The van der Waals surface area contributed by atoms with Crippen LogP contribution in [0.5, 0.6) is 5.75 Å². The molecule has 2 aliphatic rings. The van der Waals surface area contributed by atoms with Crippen molar-refractivity contribution in [1.82, 2.24) is 30.3 Å². The number of halogens is 4. The van der Waals surface area contributed by atoms with E-state index in [2.05, 4.69) is 43.0 Å². The second-order valence-corrected chi connectivity index (χ2v) is 13.7. The topological polar surface area (TPSA) is 122 Å². The summed E-state index contributed by atoms with van der Waals surface area (Å²) >= 11 is 0. The Kier molecular flexibility index (Phi) is 10.8. The predicted molar refractivity (Wildman–Crippen MR) is 184 cm³/mol. The van der Waals surface area contributed by atoms with Gasteiger partial charge in [-0.1, -0.05) is 6.92 Å². The molecule has 2 saturated heterocycles. The number of alkyl halides is 2. The lowest BCUT2D eigenvalue weighted by molar-refractivity contribution is -0.918. The van der Waals surface area contributed by atoms with Gasteiger partial charge in [0.15, 0.2) is 23.0 Å². The van der Waals surface area contributed by atoms with E-state index < -0.39 is 24.0 Å². The van der Waals surface area contributed by atoms with Crippen molar-refractivity contribution >= 4 is 29.0 Å². The molecular weight excluding hydrogens is 668 g/mol. The van der Waals surface area contributed by atoms with E-state index in [1.54, 1.807) is 12.1 Å². The number of nitrogens with zero attached hydrogens (tertiary/aromatic N) is 4. The van der Waals surface area contributed by atoms with Crippen LogP contribution in [0.2, 0.25) is 0 Å². The Labute approximate surface area is 293 Å². The molecule has 4 aromatic rings. The van der Waals surface area contributed by atoms with Crippen LogP contribution in [-0.2, 0) is 11.2 Å². The first kappa shape index (κ1) is 36.0. The van der Waals surface area contributed by atoms with E-state index >= 15 is 0 Å². The number of ether oxygens (including phenoxy) is 1. The zero-order valence-electron chi connectivity index (χ0n) is 28.8. The van der Waals surface area contributed by atoms with Crippen LogP contribution in [0.25, 0.3) is 16.9 Å². The predicted octanol–water partition coefficient (Wildman–Crippen LogP) is 4.89. The molecule has 15 heteroatoms. The summed E-state index contributed by atoms with van der Waals surface area (Å²) in [7, 11) is 2.29. The van der Waals surface area contributed by atoms with Gasteiger partial charge in [0.05, 0.1) is 38.6 Å². The second-order valence-electron chi connectivity index (χ2n) is 13.7. The Morgan fingerprint density at radius 3 is 2.55 bits per heavy atom. The number of benzene rings is 2. The van der Waals surface area contributed by atoms with Crippen molar-refractivity contribution in [1.29, 1.82) is 0 Å². The van der Waals surface area contributed by atoms with E-state index in [9.17, 15) is 27.2 Å². The fraction of sp³-hybridized carbons (Fsp3) is 0.444. The van der Waals surface area contributed by atoms with Gasteiger partial charge in [0, 0.05) is 79.6 Å². The van der Waals surface area contributed by atoms with E-state index in [-0.39, 0.29) is 35.0 Å². The number of amides is 2. The number of hydrogen-bond acceptors (Lipinski definition) is 7. The van der Waals surface area contributed by atoms with Crippen molar-refractivity contribution in [3.05, 3.63) is 71.7 Å². The van der Waals surface area contributed by atoms with Gasteiger partial charge in [0.2, 0.25) is 11.7 Å². The maximum atomic E-state index is 14.9. The molecule has 2 aromatic heterocycles. The first-order chi connectivity index (χ1) is 24.4. The van der Waals surface area contributed by atoms with Crippen molar-refractivity contribution in [2.45, 2.75) is 45.8 Å². The minimum atomic E-state index is -3.30. The van der Waals surface area contributed by atoms with Crippen LogP contribution in [0.4, 0.5) is 29.1 Å². The molecule has 0 unspecified atom stereocenters. The molecule has 11 nitrogen and oxygen atoms in total. The quantitative estimate of drug-likeness (QED) is 0.115. The highest BCUT2D eigenvalue weighted by Crippen LogP contribution is 2.32. The molecule has 2 aliphatic heterocycles. The Morgan fingerprint density at radius 1 is 1.10 bits per heavy atom. The highest BCUT2D eigenvalue weighted by molar-refractivity contribution is 5.96. The van der Waals surface area contributed by atoms with Gasteiger partial charge in [0.25, 0.3) is 5.91 Å². The van der Waals surface area contributed by atoms with Gasteiger partial charge in [-0.15, -0.1) is 0 Å². The van der Waals surface area contributed by atoms with Crippen LogP contribution in [-0.4, -0.2) is 89.6 Å². The number of aryl methyl sites for hydroxylation is 1. The van der Waals surface area contributed by atoms with E-state index in [1.165, 1.54) is 23.0 Å². The van der Waals surface area contributed by atoms with Crippen molar-refractivity contribution in [2.24, 2.45) is 11.8 Å². The molecule has 51 heavy (non-hydrogen) atoms. The number of imidazole rings is 1. The lowest BCUT2D eigenvalue weighted by Crippen LogP contribution is -2.58. The van der Waals surface area contributed by atoms with Crippen LogP contribution in [0, 0.1) is 23.5 Å². The number of piperidine rings is 1. The lowest BCUT2D eigenvalue weighted by Gasteiger charge is -2.44. The molecule has 6 rings (SSSR count). The zero-order chi connectivity index (χ0) is 36.3. The third kappa shape index (κ3) is 8.09. The minimum Gasteiger partial charge on any atom is -0.432 e. The Hall–Kier alpha value is -4.76. The molecule has 4 N–H and O–H groups in total. The number of hydrogen-bond donors (Lipinski definition) is 4. The van der Waals surface area contributed by atoms with Crippen molar-refractivity contribution in [3.8, 4) is 17.0 Å². The number of anilines is 2. The van der Waals surface area contributed by atoms with Crippen molar-refractivity contribution in [3.63, 3.8) is 0 Å². The fourth-order valence-electron chi connectivity index (χ4n) is 6.93. The minimum absolute atomic E-state index is 0.00913. The largest absolute Gasteiger partial charge is 0.432 e. The van der Waals surface area contributed by atoms with Gasteiger partial charge >= 0.3 is 6.61 Å². The smallest absolute Gasteiger partial charge is 0.387 e. The van der Waals surface area contributed by atoms with Crippen LogP contribution in [0.1, 0.15) is 42.6 Å². The highest BCUT2D eigenvalue weighted by atomic mass is 19.3. The third-order valence-corrected chi connectivity index (χ3v) is 9.89. The van der Waals surface area contributed by atoms with Crippen LogP contribution < -0.4 is 26.0 Å². The molecule has 0 radical (unpaired) electrons. The molecule has 2 amide bonds. The van der Waals surface area contributed by atoms with Gasteiger partial charge < -0.3 is 30.5 Å². The molecule has 2 aromatic carbocycles. The summed E-state index contributed by atoms with van der Waals surface area (Å²) in [5, 5.41) is 12.6. The SMILES string of the molecule is CCc1cc(Nc2nccn3c(-c4ccc(OC(F)F)c(F)c4F)cnc23)ccc1C(=O)N[C@@H](C)CNC(=O)C1CC[N+](C)(CC2CNC2)CC1. The number of likely N-dealkylation sites (tertiary alicyclic amines) is 1. The summed E-state index contributed by atoms with van der Waals surface area (Å²) in [6.07, 6.45) is 6.57. The van der Waals surface area contributed by atoms with Crippen LogP contribution >= 0.6 is 0 Å². The van der Waals surface area contributed by atoms with Gasteiger partial charge in [-0.05, 0) is 49.2 Å². The number of nitrogens with one attached hydrogen (secondary N) is 4. The normalized spacial score (nSPS) is 19.8. The number of carbonyl (C=O) groups is 2. The second kappa shape index (κ2) is 15.2. The van der Waals surface area contributed by atoms with E-state index in [0.29, 0.717) is 35.7 Å². The molecule has 1 atom stereocenters. The van der Waals surface area contributed by atoms with Gasteiger partial charge in [-0.3, -0.25) is 14.0 Å². The summed E-state index contributed by atoms with van der Waals surface area (Å²) < 4.78 is 61.1. The third-order valence-electron chi connectivity index (χ3n) is 9.89. The Bertz CT molecular complexity index is 1890. The number of rotatable bonds is 13. The number of quaternary nitrogens is 1. The lowest BCUT2D eigenvalue weighted by atomic mass is 9.92. The Balaban J connectivity index is 1.06. The number of carbonyl (C=O) groups excluding carboxylic acids is 2. The highest BCUT2D eigenvalue weighted by Gasteiger charge is 2.36. The number of aromatic nitrogens is 3. The summed E-state index contributed by atoms with van der Waals surface area (Å²) in [6.45, 7) is 6.15. The molecule has 2 fully saturated rings. The first-order valence-electron chi connectivity index (χ1n) is 17.2. The van der Waals surface area contributed by atoms with Gasteiger partial charge in [-0.2, -0.15) is 13.2 Å². The zero-order valence-corrected chi connectivity index (χ0v) is 28.8. The maximum Gasteiger partial charge on any atom is 0.387 e. The van der Waals surface area contributed by atoms with E-state index in [0.717, 1.165) is 73.7 Å². The molecule has 0 saturated carbocycles. The van der Waals surface area contributed by atoms with Gasteiger partial charge in [0.1, 0.15) is 0 Å². The van der Waals surface area contributed by atoms with Crippen molar-refractivity contribution in [2.75, 3.05) is 51.6 Å². The van der Waals surface area contributed by atoms with E-state index in [1.807, 2.05) is 19.9 Å². The van der Waals surface area contributed by atoms with Crippen LogP contribution in [0.15, 0.2) is 48.9 Å². The summed E-state index contributed by atoms with van der Waals surface area (Å²) in [5.74, 6) is -2.98. The molecule has 272 valence electrons. The van der Waals surface area contributed by atoms with Crippen LogP contribution in [0.3, 0.4) is 0 Å². The molecular formula is C36H43F4N8O3+. The summed E-state index contributed by atoms with van der Waals surface area (Å²) in [4.78, 5) is 34.9. The molecule has 0 aliphatic carbocycles. The summed E-state index contributed by atoms with van der Waals surface area (Å²) in [6, 6.07) is 7.03. The molecule has 4 heterocycles. The molecule has 0 bridgehead atoms. The maximum absolute atomic E-state index is 14.9. The fourth-order valence-corrected chi connectivity index (χ4v) is 6.93.